The molecule has 22 heavy (non-hydrogen) atoms. The fourth-order valence-corrected chi connectivity index (χ4v) is 3.00. The van der Waals surface area contributed by atoms with Crippen molar-refractivity contribution in [1.82, 2.24) is 5.06 Å². The smallest absolute Gasteiger partial charge is 0.357 e. The lowest BCUT2D eigenvalue weighted by Crippen LogP contribution is -2.40. The van der Waals surface area contributed by atoms with Gasteiger partial charge in [-0.1, -0.05) is 18.2 Å². The highest BCUT2D eigenvalue weighted by atomic mass is 16.8. The van der Waals surface area contributed by atoms with Crippen molar-refractivity contribution in [3.05, 3.63) is 35.9 Å². The molecule has 2 saturated heterocycles. The molecule has 2 aliphatic rings. The predicted octanol–water partition coefficient (Wildman–Crippen LogP) is 1.55. The van der Waals surface area contributed by atoms with Crippen molar-refractivity contribution < 1.29 is 23.9 Å². The number of carbonyl (C=O) groups excluding carboxylic acids is 2. The molecular formula is C16H19NO5. The molecule has 0 spiro atoms. The fourth-order valence-electron chi connectivity index (χ4n) is 3.00. The van der Waals surface area contributed by atoms with E-state index in [0.29, 0.717) is 12.1 Å². The molecule has 2 aliphatic heterocycles. The van der Waals surface area contributed by atoms with Gasteiger partial charge in [0, 0.05) is 6.42 Å². The Morgan fingerprint density at radius 3 is 2.77 bits per heavy atom. The summed E-state index contributed by atoms with van der Waals surface area (Å²) >= 11 is 0. The lowest BCUT2D eigenvalue weighted by molar-refractivity contribution is -0.199. The quantitative estimate of drug-likeness (QED) is 0.786. The Morgan fingerprint density at radius 2 is 2.09 bits per heavy atom. The second kappa shape index (κ2) is 5.79. The molecule has 1 aromatic carbocycles. The normalized spacial score (nSPS) is 30.0. The summed E-state index contributed by atoms with van der Waals surface area (Å²) in [4.78, 5) is 28.6. The van der Waals surface area contributed by atoms with E-state index in [9.17, 15) is 9.59 Å². The van der Waals surface area contributed by atoms with Gasteiger partial charge in [0.2, 0.25) is 0 Å². The third kappa shape index (κ3) is 2.90. The molecule has 6 heteroatoms. The molecule has 6 nitrogen and oxygen atoms in total. The predicted molar refractivity (Wildman–Crippen MR) is 76.9 cm³/mol. The number of carbonyl (C=O) groups is 2. The third-order valence-electron chi connectivity index (χ3n) is 3.88. The fraction of sp³-hybridized carbons (Fsp3) is 0.500. The Bertz CT molecular complexity index is 559. The lowest BCUT2D eigenvalue weighted by atomic mass is 10.1. The van der Waals surface area contributed by atoms with Gasteiger partial charge in [0.25, 0.3) is 0 Å². The number of hydrogen-bond donors (Lipinski definition) is 0. The van der Waals surface area contributed by atoms with Gasteiger partial charge >= 0.3 is 5.97 Å². The van der Waals surface area contributed by atoms with Crippen LogP contribution in [-0.4, -0.2) is 47.9 Å². The number of fused-ring (bicyclic) bond motifs is 1. The number of ether oxygens (including phenoxy) is 2. The topological polar surface area (TPSA) is 65.1 Å². The molecule has 2 fully saturated rings. The van der Waals surface area contributed by atoms with Crippen molar-refractivity contribution in [2.45, 2.75) is 44.3 Å². The maximum Gasteiger partial charge on any atom is 0.357 e. The second-order valence-electron chi connectivity index (χ2n) is 5.95. The van der Waals surface area contributed by atoms with Gasteiger partial charge in [-0.15, -0.1) is 5.06 Å². The number of aldehydes is 1. The molecule has 3 rings (SSSR count). The Balaban J connectivity index is 1.71. The largest absolute Gasteiger partial charge is 0.363 e. The molecule has 2 heterocycles. The number of hydrogen-bond acceptors (Lipinski definition) is 6. The van der Waals surface area contributed by atoms with E-state index in [1.807, 2.05) is 19.9 Å². The second-order valence-corrected chi connectivity index (χ2v) is 5.95. The van der Waals surface area contributed by atoms with Crippen LogP contribution in [0.25, 0.3) is 0 Å². The summed E-state index contributed by atoms with van der Waals surface area (Å²) in [5.74, 6) is -1.12. The van der Waals surface area contributed by atoms with Gasteiger partial charge < -0.3 is 19.1 Å². The van der Waals surface area contributed by atoms with Crippen LogP contribution in [-0.2, 0) is 19.1 Å². The minimum Gasteiger partial charge on any atom is -0.363 e. The van der Waals surface area contributed by atoms with Crippen LogP contribution < -0.4 is 0 Å². The Morgan fingerprint density at radius 1 is 1.36 bits per heavy atom. The summed E-state index contributed by atoms with van der Waals surface area (Å²) in [7, 11) is 0. The molecule has 0 amide bonds. The summed E-state index contributed by atoms with van der Waals surface area (Å²) in [5.41, 5.74) is 0.464. The summed E-state index contributed by atoms with van der Waals surface area (Å²) in [6.45, 7) is 4.07. The van der Waals surface area contributed by atoms with Crippen molar-refractivity contribution in [2.75, 3.05) is 6.54 Å². The van der Waals surface area contributed by atoms with E-state index in [2.05, 4.69) is 0 Å². The Labute approximate surface area is 128 Å². The van der Waals surface area contributed by atoms with Crippen LogP contribution in [0.4, 0.5) is 0 Å². The number of hydroxylamine groups is 2. The molecule has 1 unspecified atom stereocenters. The van der Waals surface area contributed by atoms with Crippen molar-refractivity contribution in [3.63, 3.8) is 0 Å². The monoisotopic (exact) mass is 305 g/mol. The number of nitrogens with zero attached hydrogens (tertiary/aromatic N) is 1. The highest BCUT2D eigenvalue weighted by Crippen LogP contribution is 2.37. The van der Waals surface area contributed by atoms with E-state index in [1.165, 1.54) is 5.06 Å². The number of rotatable bonds is 4. The highest BCUT2D eigenvalue weighted by molar-refractivity contribution is 5.89. The Hall–Kier alpha value is -1.76. The summed E-state index contributed by atoms with van der Waals surface area (Å²) in [6.07, 6.45) is 0.556. The third-order valence-corrected chi connectivity index (χ3v) is 3.88. The van der Waals surface area contributed by atoms with Gasteiger partial charge in [0.15, 0.2) is 5.79 Å². The molecule has 0 radical (unpaired) electrons. The Kier molecular flexibility index (Phi) is 3.99. The van der Waals surface area contributed by atoms with Crippen molar-refractivity contribution >= 4 is 12.3 Å². The molecule has 0 bridgehead atoms. The zero-order chi connectivity index (χ0) is 15.7. The van der Waals surface area contributed by atoms with Gasteiger partial charge in [-0.3, -0.25) is 0 Å². The minimum absolute atomic E-state index is 0.205. The van der Waals surface area contributed by atoms with E-state index in [1.54, 1.807) is 24.3 Å². The van der Waals surface area contributed by atoms with Crippen LogP contribution in [0.1, 0.15) is 30.6 Å². The first-order valence-electron chi connectivity index (χ1n) is 7.33. The van der Waals surface area contributed by atoms with Crippen LogP contribution in [0, 0.1) is 0 Å². The van der Waals surface area contributed by atoms with Crippen LogP contribution in [0.5, 0.6) is 0 Å². The number of benzene rings is 1. The van der Waals surface area contributed by atoms with E-state index in [0.717, 1.165) is 6.29 Å². The van der Waals surface area contributed by atoms with Gasteiger partial charge in [-0.2, -0.15) is 0 Å². The van der Waals surface area contributed by atoms with Crippen LogP contribution >= 0.6 is 0 Å². The molecule has 1 aromatic rings. The molecule has 0 aliphatic carbocycles. The van der Waals surface area contributed by atoms with Gasteiger partial charge in [0.05, 0.1) is 18.2 Å². The van der Waals surface area contributed by atoms with E-state index >= 15 is 0 Å². The SMILES string of the molecule is CC1(C)OC2[C@@H](CC=O)N(OC(=O)c3ccccc3)C[C@H]2O1. The summed E-state index contributed by atoms with van der Waals surface area (Å²) in [6, 6.07) is 8.42. The summed E-state index contributed by atoms with van der Waals surface area (Å²) in [5, 5.41) is 1.51. The van der Waals surface area contributed by atoms with Crippen molar-refractivity contribution in [1.29, 1.82) is 0 Å². The van der Waals surface area contributed by atoms with Gasteiger partial charge in [-0.05, 0) is 26.0 Å². The molecule has 3 atom stereocenters. The van der Waals surface area contributed by atoms with Gasteiger partial charge in [0.1, 0.15) is 18.5 Å². The molecular weight excluding hydrogens is 286 g/mol. The van der Waals surface area contributed by atoms with E-state index in [4.69, 9.17) is 14.3 Å². The first-order valence-corrected chi connectivity index (χ1v) is 7.33. The van der Waals surface area contributed by atoms with E-state index in [-0.39, 0.29) is 24.7 Å². The summed E-state index contributed by atoms with van der Waals surface area (Å²) < 4.78 is 11.6. The average Bonchev–Trinajstić information content (AvgIpc) is 2.93. The molecule has 118 valence electrons. The van der Waals surface area contributed by atoms with E-state index < -0.39 is 11.8 Å². The zero-order valence-electron chi connectivity index (χ0n) is 12.6. The lowest BCUT2D eigenvalue weighted by Gasteiger charge is -2.27. The molecule has 0 aromatic heterocycles. The van der Waals surface area contributed by atoms with Crippen LogP contribution in [0.3, 0.4) is 0 Å². The van der Waals surface area contributed by atoms with Crippen molar-refractivity contribution in [2.24, 2.45) is 0 Å². The van der Waals surface area contributed by atoms with Gasteiger partial charge in [-0.25, -0.2) is 4.79 Å². The molecule has 0 saturated carbocycles. The first kappa shape index (κ1) is 15.1. The van der Waals surface area contributed by atoms with Crippen LogP contribution in [0.15, 0.2) is 30.3 Å². The van der Waals surface area contributed by atoms with Crippen LogP contribution in [0.2, 0.25) is 0 Å². The maximum absolute atomic E-state index is 12.2. The minimum atomic E-state index is -0.675. The first-order chi connectivity index (χ1) is 10.5. The zero-order valence-corrected chi connectivity index (χ0v) is 12.6. The average molecular weight is 305 g/mol. The molecule has 0 N–H and O–H groups in total. The highest BCUT2D eigenvalue weighted by Gasteiger charge is 2.53. The maximum atomic E-state index is 12.2. The standard InChI is InChI=1S/C16H19NO5/c1-16(2)20-13-10-17(12(8-9-18)14(13)21-16)22-15(19)11-6-4-3-5-7-11/h3-7,9,12-14H,8,10H2,1-2H3/t12-,13-,14?/m1/s1. The van der Waals surface area contributed by atoms with Crippen molar-refractivity contribution in [3.8, 4) is 0 Å².